The average Bonchev–Trinajstić information content (AvgIpc) is 2.72. The molecule has 7 nitrogen and oxygen atoms in total. The maximum atomic E-state index is 11.0. The summed E-state index contributed by atoms with van der Waals surface area (Å²) in [6.45, 7) is 7.31. The Bertz CT molecular complexity index is 601. The number of amides is 2. The largest absolute Gasteiger partial charge is 0.393 e. The van der Waals surface area contributed by atoms with Crippen molar-refractivity contribution < 1.29 is 4.79 Å². The quantitative estimate of drug-likeness (QED) is 0.475. The number of aromatic nitrogens is 2. The van der Waals surface area contributed by atoms with E-state index in [-0.39, 0.29) is 10.8 Å². The Morgan fingerprint density at radius 2 is 2.25 bits per heavy atom. The van der Waals surface area contributed by atoms with E-state index in [1.165, 1.54) is 10.8 Å². The number of carbonyl (C=O) groups is 1. The zero-order valence-electron chi connectivity index (χ0n) is 10.9. The highest BCUT2D eigenvalue weighted by molar-refractivity contribution is 6.36. The molecule has 0 radical (unpaired) electrons. The van der Waals surface area contributed by atoms with Crippen LogP contribution >= 0.6 is 11.6 Å². The number of nitrogens with one attached hydrogen (secondary N) is 3. The van der Waals surface area contributed by atoms with Gasteiger partial charge in [-0.15, -0.1) is 0 Å². The predicted molar refractivity (Wildman–Crippen MR) is 81.8 cm³/mol. The maximum Gasteiger partial charge on any atom is 0.317 e. The number of primary amides is 1. The van der Waals surface area contributed by atoms with Gasteiger partial charge in [0, 0.05) is 25.0 Å². The van der Waals surface area contributed by atoms with E-state index in [1.807, 2.05) is 0 Å². The summed E-state index contributed by atoms with van der Waals surface area (Å²) in [5.74, 6) is 0.169. The van der Waals surface area contributed by atoms with Crippen LogP contribution in [0.4, 0.5) is 10.6 Å². The van der Waals surface area contributed by atoms with Crippen molar-refractivity contribution in [2.24, 2.45) is 5.73 Å². The number of anilines is 1. The fourth-order valence-electron chi connectivity index (χ4n) is 1.44. The van der Waals surface area contributed by atoms with Crippen LogP contribution < -0.4 is 16.4 Å². The number of nitrogens with zero attached hydrogens (tertiary/aromatic N) is 2. The van der Waals surface area contributed by atoms with Gasteiger partial charge in [-0.05, 0) is 6.08 Å². The Morgan fingerprint density at radius 3 is 2.70 bits per heavy atom. The zero-order valence-corrected chi connectivity index (χ0v) is 11.7. The topological polar surface area (TPSA) is 109 Å². The van der Waals surface area contributed by atoms with Crippen molar-refractivity contribution in [2.45, 2.75) is 0 Å². The molecule has 0 aliphatic heterocycles. The van der Waals surface area contributed by atoms with Crippen LogP contribution in [0.2, 0.25) is 5.02 Å². The molecule has 0 aliphatic rings. The number of nitrogens with two attached hydrogens (primary N) is 1. The second kappa shape index (κ2) is 6.58. The third-order valence-corrected chi connectivity index (χ3v) is 2.66. The molecular formula is C12H15ClN6O. The fourth-order valence-corrected chi connectivity index (χ4v) is 1.71. The molecule has 0 bridgehead atoms. The molecule has 8 heteroatoms. The van der Waals surface area contributed by atoms with Gasteiger partial charge in [0.05, 0.1) is 5.70 Å². The Labute approximate surface area is 121 Å². The third-order valence-electron chi connectivity index (χ3n) is 2.31. The van der Waals surface area contributed by atoms with E-state index in [0.717, 1.165) is 6.21 Å². The predicted octanol–water partition coefficient (Wildman–Crippen LogP) is 1.89. The Balaban J connectivity index is 3.49. The number of hydrogen-bond donors (Lipinski definition) is 4. The van der Waals surface area contributed by atoms with Crippen LogP contribution in [0.1, 0.15) is 5.69 Å². The van der Waals surface area contributed by atoms with Crippen molar-refractivity contribution in [1.29, 1.82) is 5.41 Å². The number of hydrogen-bond acceptors (Lipinski definition) is 4. The van der Waals surface area contributed by atoms with Gasteiger partial charge >= 0.3 is 6.03 Å². The first kappa shape index (κ1) is 15.5. The van der Waals surface area contributed by atoms with Crippen LogP contribution in [0.5, 0.6) is 0 Å². The molecule has 0 unspecified atom stereocenters. The molecule has 1 rings (SSSR count). The number of carbonyl (C=O) groups excluding carboxylic acids is 1. The lowest BCUT2D eigenvalue weighted by atomic mass is 10.2. The van der Waals surface area contributed by atoms with Crippen LogP contribution in [0.15, 0.2) is 25.4 Å². The highest BCUT2D eigenvalue weighted by Gasteiger charge is 2.20. The first-order valence-electron chi connectivity index (χ1n) is 5.51. The van der Waals surface area contributed by atoms with Gasteiger partial charge < -0.3 is 16.5 Å². The van der Waals surface area contributed by atoms with Gasteiger partial charge in [0.25, 0.3) is 0 Å². The van der Waals surface area contributed by atoms with Crippen molar-refractivity contribution >= 4 is 40.9 Å². The molecule has 2 amide bonds. The molecule has 0 atom stereocenters. The second-order valence-electron chi connectivity index (χ2n) is 3.64. The molecule has 0 aromatic carbocycles. The Kier molecular flexibility index (Phi) is 5.10. The van der Waals surface area contributed by atoms with Crippen LogP contribution in [-0.4, -0.2) is 29.1 Å². The van der Waals surface area contributed by atoms with Crippen molar-refractivity contribution in [3.05, 3.63) is 36.2 Å². The molecule has 0 spiro atoms. The van der Waals surface area contributed by atoms with Crippen molar-refractivity contribution in [2.75, 3.05) is 12.4 Å². The highest BCUT2D eigenvalue weighted by Crippen LogP contribution is 2.31. The lowest BCUT2D eigenvalue weighted by molar-refractivity contribution is 0.259. The molecule has 0 fully saturated rings. The van der Waals surface area contributed by atoms with Crippen molar-refractivity contribution in [3.8, 4) is 0 Å². The van der Waals surface area contributed by atoms with Crippen LogP contribution in [0.3, 0.4) is 0 Å². The summed E-state index contributed by atoms with van der Waals surface area (Å²) in [5, 5.41) is 16.9. The van der Waals surface area contributed by atoms with E-state index >= 15 is 0 Å². The minimum Gasteiger partial charge on any atom is -0.393 e. The summed E-state index contributed by atoms with van der Waals surface area (Å²) < 4.78 is 1.29. The van der Waals surface area contributed by atoms with E-state index in [1.54, 1.807) is 13.2 Å². The van der Waals surface area contributed by atoms with Gasteiger partial charge in [-0.1, -0.05) is 24.8 Å². The van der Waals surface area contributed by atoms with Gasteiger partial charge in [-0.2, -0.15) is 5.10 Å². The van der Waals surface area contributed by atoms with E-state index in [0.29, 0.717) is 17.0 Å². The van der Waals surface area contributed by atoms with Crippen molar-refractivity contribution in [1.82, 2.24) is 15.1 Å². The van der Waals surface area contributed by atoms with Crippen LogP contribution in [-0.2, 0) is 0 Å². The summed E-state index contributed by atoms with van der Waals surface area (Å²) in [7, 11) is 1.68. The standard InChI is InChI=1S/C12H15ClN6O/c1-4-7(2)19-11(17-12(15)20)9(13)10(18-19)8(5-14)6-16-3/h4-6,14,16H,1-2H2,3H3,(H3,15,17,20)/b8-6+,14-5?. The molecule has 5 N–H and O–H groups in total. The Morgan fingerprint density at radius 1 is 1.60 bits per heavy atom. The molecule has 20 heavy (non-hydrogen) atoms. The summed E-state index contributed by atoms with van der Waals surface area (Å²) in [4.78, 5) is 11.0. The van der Waals surface area contributed by atoms with Crippen LogP contribution in [0.25, 0.3) is 11.3 Å². The first-order chi connectivity index (χ1) is 9.46. The molecule has 0 aliphatic carbocycles. The third kappa shape index (κ3) is 3.07. The molecular weight excluding hydrogens is 280 g/mol. The lowest BCUT2D eigenvalue weighted by Crippen LogP contribution is -2.21. The summed E-state index contributed by atoms with van der Waals surface area (Å²) in [5.41, 5.74) is 6.24. The number of urea groups is 1. The normalized spacial score (nSPS) is 10.8. The minimum absolute atomic E-state index is 0.150. The highest BCUT2D eigenvalue weighted by atomic mass is 35.5. The van der Waals surface area contributed by atoms with E-state index in [2.05, 4.69) is 28.9 Å². The summed E-state index contributed by atoms with van der Waals surface area (Å²) in [6, 6.07) is -0.787. The maximum absolute atomic E-state index is 11.0. The van der Waals surface area contributed by atoms with Crippen molar-refractivity contribution in [3.63, 3.8) is 0 Å². The molecule has 1 heterocycles. The van der Waals surface area contributed by atoms with E-state index < -0.39 is 6.03 Å². The first-order valence-corrected chi connectivity index (χ1v) is 5.89. The Hall–Kier alpha value is -2.54. The molecule has 0 saturated carbocycles. The molecule has 0 saturated heterocycles. The smallest absolute Gasteiger partial charge is 0.317 e. The fraction of sp³-hybridized carbons (Fsp3) is 0.0833. The minimum atomic E-state index is -0.787. The molecule has 1 aromatic rings. The molecule has 1 aromatic heterocycles. The van der Waals surface area contributed by atoms with E-state index in [9.17, 15) is 4.79 Å². The number of allylic oxidation sites excluding steroid dienone is 3. The summed E-state index contributed by atoms with van der Waals surface area (Å²) in [6.07, 6.45) is 4.08. The monoisotopic (exact) mass is 294 g/mol. The van der Waals surface area contributed by atoms with Crippen LogP contribution in [0, 0.1) is 5.41 Å². The van der Waals surface area contributed by atoms with E-state index in [4.69, 9.17) is 22.7 Å². The van der Waals surface area contributed by atoms with Gasteiger partial charge in [0.1, 0.15) is 10.7 Å². The van der Waals surface area contributed by atoms with Gasteiger partial charge in [0.2, 0.25) is 0 Å². The molecule has 106 valence electrons. The zero-order chi connectivity index (χ0) is 15.3. The van der Waals surface area contributed by atoms with Gasteiger partial charge in [-0.25, -0.2) is 9.48 Å². The van der Waals surface area contributed by atoms with Gasteiger partial charge in [-0.3, -0.25) is 5.32 Å². The SMILES string of the molecule is C=CC(=C)n1nc(/C(C=N)=C/NC)c(Cl)c1NC(N)=O. The average molecular weight is 295 g/mol. The summed E-state index contributed by atoms with van der Waals surface area (Å²) >= 11 is 6.18. The lowest BCUT2D eigenvalue weighted by Gasteiger charge is -2.06. The van der Waals surface area contributed by atoms with Gasteiger partial charge in [0.15, 0.2) is 5.82 Å². The number of halogens is 1. The number of rotatable bonds is 6. The second-order valence-corrected chi connectivity index (χ2v) is 4.02.